The summed E-state index contributed by atoms with van der Waals surface area (Å²) in [7, 11) is 4.66. The van der Waals surface area contributed by atoms with Crippen LogP contribution in [0.3, 0.4) is 0 Å². The topological polar surface area (TPSA) is 48.0 Å². The molecule has 2 rings (SSSR count). The Hall–Kier alpha value is -2.53. The summed E-state index contributed by atoms with van der Waals surface area (Å²) < 4.78 is 15.6. The average molecular weight is 357 g/mol. The van der Waals surface area contributed by atoms with Gasteiger partial charge in [-0.2, -0.15) is 0 Å². The third kappa shape index (κ3) is 5.49. The largest absolute Gasteiger partial charge is 0.497 e. The highest BCUT2D eigenvalue weighted by molar-refractivity contribution is 5.71. The maximum atomic E-state index is 11.9. The van der Waals surface area contributed by atoms with Gasteiger partial charge in [0.05, 0.1) is 27.9 Å². The number of benzene rings is 2. The lowest BCUT2D eigenvalue weighted by atomic mass is 10.0. The van der Waals surface area contributed by atoms with Crippen LogP contribution in [-0.2, 0) is 22.6 Å². The molecule has 0 spiro atoms. The van der Waals surface area contributed by atoms with E-state index in [4.69, 9.17) is 14.2 Å². The Morgan fingerprint density at radius 2 is 1.58 bits per heavy atom. The molecule has 2 aromatic rings. The standard InChI is InChI=1S/C21H27NO4/c1-15-6-7-16(2)18(8-15)13-22(14-21(23)26-5)12-17-9-19(24-3)11-20(10-17)25-4/h6-11H,12-14H2,1-5H3. The van der Waals surface area contributed by atoms with Crippen LogP contribution < -0.4 is 9.47 Å². The molecule has 0 atom stereocenters. The summed E-state index contributed by atoms with van der Waals surface area (Å²) in [6, 6.07) is 12.1. The molecule has 0 radical (unpaired) electrons. The van der Waals surface area contributed by atoms with Crippen molar-refractivity contribution in [3.8, 4) is 11.5 Å². The minimum atomic E-state index is -0.259. The summed E-state index contributed by atoms with van der Waals surface area (Å²) in [4.78, 5) is 13.9. The van der Waals surface area contributed by atoms with Crippen LogP contribution in [0.15, 0.2) is 36.4 Å². The molecule has 0 unspecified atom stereocenters. The first-order chi connectivity index (χ1) is 12.4. The number of carbonyl (C=O) groups is 1. The molecule has 5 nitrogen and oxygen atoms in total. The first-order valence-electron chi connectivity index (χ1n) is 8.52. The van der Waals surface area contributed by atoms with Gasteiger partial charge in [-0.3, -0.25) is 9.69 Å². The van der Waals surface area contributed by atoms with Gasteiger partial charge in [-0.15, -0.1) is 0 Å². The number of carbonyl (C=O) groups excluding carboxylic acids is 1. The van der Waals surface area contributed by atoms with E-state index in [-0.39, 0.29) is 12.5 Å². The summed E-state index contributed by atoms with van der Waals surface area (Å²) in [5.41, 5.74) is 4.61. The molecule has 0 saturated heterocycles. The van der Waals surface area contributed by atoms with E-state index < -0.39 is 0 Å². The van der Waals surface area contributed by atoms with E-state index in [1.54, 1.807) is 14.2 Å². The maximum absolute atomic E-state index is 11.9. The van der Waals surface area contributed by atoms with Crippen molar-refractivity contribution in [2.24, 2.45) is 0 Å². The summed E-state index contributed by atoms with van der Waals surface area (Å²) in [6.07, 6.45) is 0. The smallest absolute Gasteiger partial charge is 0.319 e. The van der Waals surface area contributed by atoms with Crippen LogP contribution in [-0.4, -0.2) is 38.7 Å². The Kier molecular flexibility index (Phi) is 7.04. The predicted octanol–water partition coefficient (Wildman–Crippen LogP) is 3.50. The van der Waals surface area contributed by atoms with Crippen molar-refractivity contribution in [1.29, 1.82) is 0 Å². The fraction of sp³-hybridized carbons (Fsp3) is 0.381. The first kappa shape index (κ1) is 19.8. The van der Waals surface area contributed by atoms with E-state index >= 15 is 0 Å². The molecule has 5 heteroatoms. The number of esters is 1. The Labute approximate surface area is 155 Å². The van der Waals surface area contributed by atoms with E-state index in [2.05, 4.69) is 36.9 Å². The molecular formula is C21H27NO4. The van der Waals surface area contributed by atoms with Gasteiger partial charge in [0.15, 0.2) is 0 Å². The lowest BCUT2D eigenvalue weighted by molar-refractivity contribution is -0.142. The Morgan fingerprint density at radius 1 is 0.923 bits per heavy atom. The molecular weight excluding hydrogens is 330 g/mol. The third-order valence-corrected chi connectivity index (χ3v) is 4.30. The molecule has 0 aliphatic carbocycles. The van der Waals surface area contributed by atoms with Gasteiger partial charge < -0.3 is 14.2 Å². The lowest BCUT2D eigenvalue weighted by Gasteiger charge is -2.23. The molecule has 0 fully saturated rings. The molecule has 0 bridgehead atoms. The molecule has 26 heavy (non-hydrogen) atoms. The van der Waals surface area contributed by atoms with Gasteiger partial charge in [-0.05, 0) is 42.7 Å². The van der Waals surface area contributed by atoms with E-state index in [0.717, 1.165) is 17.1 Å². The third-order valence-electron chi connectivity index (χ3n) is 4.30. The van der Waals surface area contributed by atoms with Crippen molar-refractivity contribution in [2.75, 3.05) is 27.9 Å². The van der Waals surface area contributed by atoms with Crippen LogP contribution in [0.25, 0.3) is 0 Å². The summed E-state index contributed by atoms with van der Waals surface area (Å²) in [5, 5.41) is 0. The van der Waals surface area contributed by atoms with Gasteiger partial charge in [0.2, 0.25) is 0 Å². The van der Waals surface area contributed by atoms with Crippen LogP contribution in [0.4, 0.5) is 0 Å². The molecule has 0 aromatic heterocycles. The zero-order valence-corrected chi connectivity index (χ0v) is 16.2. The molecule has 0 heterocycles. The van der Waals surface area contributed by atoms with Crippen molar-refractivity contribution in [3.63, 3.8) is 0 Å². The number of hydrogen-bond donors (Lipinski definition) is 0. The fourth-order valence-electron chi connectivity index (χ4n) is 2.84. The highest BCUT2D eigenvalue weighted by atomic mass is 16.5. The van der Waals surface area contributed by atoms with Crippen LogP contribution in [0.2, 0.25) is 0 Å². The van der Waals surface area contributed by atoms with Crippen LogP contribution >= 0.6 is 0 Å². The van der Waals surface area contributed by atoms with E-state index in [0.29, 0.717) is 13.1 Å². The zero-order valence-electron chi connectivity index (χ0n) is 16.2. The van der Waals surface area contributed by atoms with Crippen molar-refractivity contribution in [3.05, 3.63) is 58.7 Å². The predicted molar refractivity (Wildman–Crippen MR) is 102 cm³/mol. The van der Waals surface area contributed by atoms with Gasteiger partial charge in [-0.1, -0.05) is 23.8 Å². The Bertz CT molecular complexity index is 735. The fourth-order valence-corrected chi connectivity index (χ4v) is 2.84. The van der Waals surface area contributed by atoms with Gasteiger partial charge in [-0.25, -0.2) is 0 Å². The van der Waals surface area contributed by atoms with Crippen LogP contribution in [0.1, 0.15) is 22.3 Å². The maximum Gasteiger partial charge on any atom is 0.319 e. The second-order valence-corrected chi connectivity index (χ2v) is 6.37. The zero-order chi connectivity index (χ0) is 19.1. The highest BCUT2D eigenvalue weighted by Crippen LogP contribution is 2.24. The van der Waals surface area contributed by atoms with Gasteiger partial charge in [0, 0.05) is 19.2 Å². The minimum absolute atomic E-state index is 0.212. The van der Waals surface area contributed by atoms with Crippen molar-refractivity contribution in [1.82, 2.24) is 4.90 Å². The monoisotopic (exact) mass is 357 g/mol. The molecule has 0 aliphatic heterocycles. The quantitative estimate of drug-likeness (QED) is 0.677. The summed E-state index contributed by atoms with van der Waals surface area (Å²) in [5.74, 6) is 1.19. The van der Waals surface area contributed by atoms with E-state index in [1.807, 2.05) is 18.2 Å². The number of hydrogen-bond acceptors (Lipinski definition) is 5. The van der Waals surface area contributed by atoms with Crippen LogP contribution in [0.5, 0.6) is 11.5 Å². The van der Waals surface area contributed by atoms with Gasteiger partial charge in [0.25, 0.3) is 0 Å². The molecule has 0 amide bonds. The average Bonchev–Trinajstić information content (AvgIpc) is 2.64. The van der Waals surface area contributed by atoms with Gasteiger partial charge >= 0.3 is 5.97 Å². The molecule has 2 aromatic carbocycles. The van der Waals surface area contributed by atoms with E-state index in [1.165, 1.54) is 23.8 Å². The minimum Gasteiger partial charge on any atom is -0.497 e. The van der Waals surface area contributed by atoms with Crippen LogP contribution in [0, 0.1) is 13.8 Å². The second kappa shape index (κ2) is 9.25. The second-order valence-electron chi connectivity index (χ2n) is 6.37. The van der Waals surface area contributed by atoms with Gasteiger partial charge in [0.1, 0.15) is 11.5 Å². The Balaban J connectivity index is 2.27. The lowest BCUT2D eigenvalue weighted by Crippen LogP contribution is -2.30. The number of methoxy groups -OCH3 is 3. The van der Waals surface area contributed by atoms with Crippen molar-refractivity contribution < 1.29 is 19.0 Å². The Morgan fingerprint density at radius 3 is 2.15 bits per heavy atom. The summed E-state index contributed by atoms with van der Waals surface area (Å²) in [6.45, 7) is 5.60. The molecule has 0 saturated carbocycles. The highest BCUT2D eigenvalue weighted by Gasteiger charge is 2.15. The van der Waals surface area contributed by atoms with E-state index in [9.17, 15) is 4.79 Å². The number of rotatable bonds is 8. The molecule has 0 aliphatic rings. The number of nitrogens with zero attached hydrogens (tertiary/aromatic N) is 1. The SMILES string of the molecule is COC(=O)CN(Cc1cc(OC)cc(OC)c1)Cc1cc(C)ccc1C. The summed E-state index contributed by atoms with van der Waals surface area (Å²) >= 11 is 0. The van der Waals surface area contributed by atoms with Crippen molar-refractivity contribution in [2.45, 2.75) is 26.9 Å². The molecule has 0 N–H and O–H groups in total. The first-order valence-corrected chi connectivity index (χ1v) is 8.52. The van der Waals surface area contributed by atoms with Crippen molar-refractivity contribution >= 4 is 5.97 Å². The molecule has 140 valence electrons. The number of aryl methyl sites for hydroxylation is 2. The number of ether oxygens (including phenoxy) is 3. The normalized spacial score (nSPS) is 10.7.